The van der Waals surface area contributed by atoms with E-state index >= 15 is 0 Å². The molecule has 0 saturated carbocycles. The first-order chi connectivity index (χ1) is 7.85. The molecule has 1 unspecified atom stereocenters. The first-order valence-electron chi connectivity index (χ1n) is 4.63. The van der Waals surface area contributed by atoms with Crippen LogP contribution in [0.4, 0.5) is 18.0 Å². The molecule has 17 heavy (non-hydrogen) atoms. The summed E-state index contributed by atoms with van der Waals surface area (Å²) < 4.78 is 43.6. The molecule has 92 valence electrons. The van der Waals surface area contributed by atoms with Crippen LogP contribution in [0, 0.1) is 0 Å². The maximum absolute atomic E-state index is 13.1. The van der Waals surface area contributed by atoms with E-state index in [1.807, 2.05) is 0 Å². The molecule has 1 heterocycles. The second-order valence-corrected chi connectivity index (χ2v) is 4.05. The quantitative estimate of drug-likeness (QED) is 0.848. The van der Waals surface area contributed by atoms with Gasteiger partial charge in [0, 0.05) is 5.02 Å². The number of benzene rings is 1. The summed E-state index contributed by atoms with van der Waals surface area (Å²) in [6.07, 6.45) is -5.76. The Bertz CT molecular complexity index is 463. The van der Waals surface area contributed by atoms with Crippen LogP contribution in [-0.4, -0.2) is 18.9 Å². The number of cyclic esters (lactones) is 1. The largest absolute Gasteiger partial charge is 0.446 e. The van der Waals surface area contributed by atoms with E-state index in [2.05, 4.69) is 4.74 Å². The van der Waals surface area contributed by atoms with Crippen LogP contribution in [0.25, 0.3) is 0 Å². The molecular weight excluding hydrogens is 259 g/mol. The minimum Gasteiger partial charge on any atom is -0.446 e. The number of amides is 1. The van der Waals surface area contributed by atoms with E-state index in [1.165, 1.54) is 18.2 Å². The molecule has 7 heteroatoms. The topological polar surface area (TPSA) is 38.3 Å². The van der Waals surface area contributed by atoms with Gasteiger partial charge in [0.2, 0.25) is 0 Å². The smallest absolute Gasteiger partial charge is 0.419 e. The monoisotopic (exact) mass is 265 g/mol. The first kappa shape index (κ1) is 12.0. The van der Waals surface area contributed by atoms with Crippen LogP contribution in [0.3, 0.4) is 0 Å². The number of rotatable bonds is 1. The molecule has 1 aliphatic heterocycles. The lowest BCUT2D eigenvalue weighted by Crippen LogP contribution is -2.52. The van der Waals surface area contributed by atoms with Gasteiger partial charge >= 0.3 is 12.3 Å². The molecule has 1 saturated heterocycles. The molecule has 1 atom stereocenters. The second-order valence-electron chi connectivity index (χ2n) is 3.61. The van der Waals surface area contributed by atoms with Gasteiger partial charge in [-0.25, -0.2) is 4.79 Å². The molecule has 1 aliphatic rings. The summed E-state index contributed by atoms with van der Waals surface area (Å²) in [5, 5.41) is 1.97. The predicted octanol–water partition coefficient (Wildman–Crippen LogP) is 2.84. The fourth-order valence-corrected chi connectivity index (χ4v) is 1.84. The molecule has 0 bridgehead atoms. The van der Waals surface area contributed by atoms with Crippen LogP contribution >= 0.6 is 11.6 Å². The van der Waals surface area contributed by atoms with Gasteiger partial charge in [-0.2, -0.15) is 13.2 Å². The van der Waals surface area contributed by atoms with E-state index < -0.39 is 24.4 Å². The number of carbonyl (C=O) groups is 1. The maximum Gasteiger partial charge on any atom is 0.419 e. The predicted molar refractivity (Wildman–Crippen MR) is 53.7 cm³/mol. The molecule has 2 rings (SSSR count). The number of alkyl carbamates (subject to hydrolysis) is 1. The van der Waals surface area contributed by atoms with Gasteiger partial charge in [0.05, 0.1) is 0 Å². The number of nitrogens with one attached hydrogen (secondary N) is 1. The highest BCUT2D eigenvalue weighted by atomic mass is 35.5. The molecule has 0 aliphatic carbocycles. The van der Waals surface area contributed by atoms with Gasteiger partial charge in [-0.1, -0.05) is 23.7 Å². The van der Waals surface area contributed by atoms with Crippen LogP contribution in [0.1, 0.15) is 5.56 Å². The Morgan fingerprint density at radius 1 is 1.41 bits per heavy atom. The van der Waals surface area contributed by atoms with Gasteiger partial charge in [0.15, 0.2) is 5.54 Å². The minimum absolute atomic E-state index is 0.150. The van der Waals surface area contributed by atoms with Gasteiger partial charge in [-0.3, -0.25) is 0 Å². The van der Waals surface area contributed by atoms with Crippen LogP contribution in [0.2, 0.25) is 5.02 Å². The van der Waals surface area contributed by atoms with Crippen molar-refractivity contribution < 1.29 is 22.7 Å². The van der Waals surface area contributed by atoms with Crippen molar-refractivity contribution in [1.29, 1.82) is 0 Å². The van der Waals surface area contributed by atoms with Crippen molar-refractivity contribution in [2.45, 2.75) is 11.7 Å². The Kier molecular flexibility index (Phi) is 2.69. The third-order valence-electron chi connectivity index (χ3n) is 2.54. The summed E-state index contributed by atoms with van der Waals surface area (Å²) in [6.45, 7) is -0.796. The number of halogens is 4. The average Bonchev–Trinajstić information content (AvgIpc) is 2.61. The molecule has 1 aromatic carbocycles. The molecule has 1 N–H and O–H groups in total. The van der Waals surface area contributed by atoms with Gasteiger partial charge in [0.1, 0.15) is 6.61 Å². The van der Waals surface area contributed by atoms with Crippen molar-refractivity contribution >= 4 is 17.7 Å². The summed E-state index contributed by atoms with van der Waals surface area (Å²) in [5.41, 5.74) is -2.67. The van der Waals surface area contributed by atoms with E-state index in [0.717, 1.165) is 6.07 Å². The highest BCUT2D eigenvalue weighted by molar-refractivity contribution is 6.30. The fraction of sp³-hybridized carbons (Fsp3) is 0.300. The normalized spacial score (nSPS) is 24.4. The zero-order chi connectivity index (χ0) is 12.7. The number of carbonyl (C=O) groups excluding carboxylic acids is 1. The number of ether oxygens (including phenoxy) is 1. The summed E-state index contributed by atoms with van der Waals surface area (Å²) in [6, 6.07) is 5.24. The Hall–Kier alpha value is -1.43. The van der Waals surface area contributed by atoms with Crippen LogP contribution in [-0.2, 0) is 10.3 Å². The Labute approximate surface area is 99.5 Å². The standard InChI is InChI=1S/C10H7ClF3NO2/c11-7-3-1-2-6(4-7)9(10(12,13)14)5-17-8(16)15-9/h1-4H,5H2,(H,15,16). The highest BCUT2D eigenvalue weighted by Crippen LogP contribution is 2.42. The van der Waals surface area contributed by atoms with Gasteiger partial charge in [-0.05, 0) is 17.7 Å². The second kappa shape index (κ2) is 3.80. The molecule has 1 fully saturated rings. The van der Waals surface area contributed by atoms with Crippen LogP contribution < -0.4 is 5.32 Å². The maximum atomic E-state index is 13.1. The average molecular weight is 266 g/mol. The molecule has 0 aromatic heterocycles. The zero-order valence-electron chi connectivity index (χ0n) is 8.34. The number of alkyl halides is 3. The third kappa shape index (κ3) is 1.93. The van der Waals surface area contributed by atoms with E-state index in [9.17, 15) is 18.0 Å². The van der Waals surface area contributed by atoms with E-state index in [4.69, 9.17) is 11.6 Å². The Morgan fingerprint density at radius 2 is 2.12 bits per heavy atom. The molecule has 0 radical (unpaired) electrons. The lowest BCUT2D eigenvalue weighted by Gasteiger charge is -2.29. The summed E-state index contributed by atoms with van der Waals surface area (Å²) in [4.78, 5) is 10.9. The van der Waals surface area contributed by atoms with Crippen molar-refractivity contribution in [3.8, 4) is 0 Å². The van der Waals surface area contributed by atoms with Crippen LogP contribution in [0.5, 0.6) is 0 Å². The van der Waals surface area contributed by atoms with Crippen LogP contribution in [0.15, 0.2) is 24.3 Å². The first-order valence-corrected chi connectivity index (χ1v) is 5.01. The lowest BCUT2D eigenvalue weighted by molar-refractivity contribution is -0.196. The van der Waals surface area contributed by atoms with Crippen molar-refractivity contribution in [2.75, 3.05) is 6.61 Å². The molecule has 1 aromatic rings. The fourth-order valence-electron chi connectivity index (χ4n) is 1.65. The Morgan fingerprint density at radius 3 is 2.59 bits per heavy atom. The molecule has 0 spiro atoms. The van der Waals surface area contributed by atoms with Gasteiger partial charge in [0.25, 0.3) is 0 Å². The molecular formula is C10H7ClF3NO2. The van der Waals surface area contributed by atoms with E-state index in [-0.39, 0.29) is 10.6 Å². The molecule has 1 amide bonds. The number of hydrogen-bond donors (Lipinski definition) is 1. The highest BCUT2D eigenvalue weighted by Gasteiger charge is 2.61. The lowest BCUT2D eigenvalue weighted by atomic mass is 9.91. The van der Waals surface area contributed by atoms with Crippen molar-refractivity contribution in [1.82, 2.24) is 5.32 Å². The summed E-state index contributed by atoms with van der Waals surface area (Å²) in [5.74, 6) is 0. The zero-order valence-corrected chi connectivity index (χ0v) is 9.10. The van der Waals surface area contributed by atoms with E-state index in [1.54, 1.807) is 5.32 Å². The molecule has 3 nitrogen and oxygen atoms in total. The van der Waals surface area contributed by atoms with Gasteiger partial charge in [-0.15, -0.1) is 0 Å². The van der Waals surface area contributed by atoms with E-state index in [0.29, 0.717) is 0 Å². The Balaban J connectivity index is 2.52. The number of hydrogen-bond acceptors (Lipinski definition) is 2. The SMILES string of the molecule is O=C1NC(c2cccc(Cl)c2)(C(F)(F)F)CO1. The van der Waals surface area contributed by atoms with Crippen molar-refractivity contribution in [3.63, 3.8) is 0 Å². The minimum atomic E-state index is -4.66. The van der Waals surface area contributed by atoms with Crippen molar-refractivity contribution in [3.05, 3.63) is 34.9 Å². The third-order valence-corrected chi connectivity index (χ3v) is 2.77. The van der Waals surface area contributed by atoms with Gasteiger partial charge < -0.3 is 10.1 Å². The summed E-state index contributed by atoms with van der Waals surface area (Å²) >= 11 is 5.65. The van der Waals surface area contributed by atoms with Crippen molar-refractivity contribution in [2.24, 2.45) is 0 Å². The summed E-state index contributed by atoms with van der Waals surface area (Å²) in [7, 11) is 0.